The first kappa shape index (κ1) is 19.9. The third kappa shape index (κ3) is 6.96. The number of aryl methyl sites for hydroxylation is 1. The first-order valence-electron chi connectivity index (χ1n) is 7.58. The normalized spacial score (nSPS) is 11.6. The van der Waals surface area contributed by atoms with E-state index in [-0.39, 0.29) is 24.4 Å². The fourth-order valence-electron chi connectivity index (χ4n) is 2.24. The molecule has 0 saturated carbocycles. The number of halogens is 1. The average molecular weight is 313 g/mol. The van der Waals surface area contributed by atoms with Crippen LogP contribution < -0.4 is 5.73 Å². The van der Waals surface area contributed by atoms with Crippen molar-refractivity contribution in [2.45, 2.75) is 52.0 Å². The van der Waals surface area contributed by atoms with Crippen molar-refractivity contribution in [1.82, 2.24) is 4.90 Å². The van der Waals surface area contributed by atoms with Crippen molar-refractivity contribution in [3.05, 3.63) is 35.4 Å². The summed E-state index contributed by atoms with van der Waals surface area (Å²) in [6.07, 6.45) is 4.88. The summed E-state index contributed by atoms with van der Waals surface area (Å²) < 4.78 is 0. The van der Waals surface area contributed by atoms with Gasteiger partial charge in [-0.15, -0.1) is 12.4 Å². The maximum atomic E-state index is 12.2. The Morgan fingerprint density at radius 1 is 1.14 bits per heavy atom. The van der Waals surface area contributed by atoms with Crippen LogP contribution in [-0.4, -0.2) is 24.4 Å². The predicted molar refractivity (Wildman–Crippen MR) is 91.8 cm³/mol. The highest BCUT2D eigenvalue weighted by Crippen LogP contribution is 2.20. The average Bonchev–Trinajstić information content (AvgIpc) is 2.46. The SMILES string of the molecule is Cc1ccc(C(C)N(C)C(=O)CCCCCCN)cc1.Cl. The van der Waals surface area contributed by atoms with E-state index in [0.717, 1.165) is 32.2 Å². The van der Waals surface area contributed by atoms with Crippen LogP contribution in [0.2, 0.25) is 0 Å². The molecule has 1 aromatic rings. The van der Waals surface area contributed by atoms with E-state index >= 15 is 0 Å². The fraction of sp³-hybridized carbons (Fsp3) is 0.588. The summed E-state index contributed by atoms with van der Waals surface area (Å²) in [6, 6.07) is 8.52. The molecule has 0 radical (unpaired) electrons. The van der Waals surface area contributed by atoms with E-state index < -0.39 is 0 Å². The summed E-state index contributed by atoms with van der Waals surface area (Å²) in [5.41, 5.74) is 7.89. The lowest BCUT2D eigenvalue weighted by atomic mass is 10.0. The van der Waals surface area contributed by atoms with Crippen molar-refractivity contribution in [1.29, 1.82) is 0 Å². The molecule has 0 fully saturated rings. The zero-order valence-corrected chi connectivity index (χ0v) is 14.3. The van der Waals surface area contributed by atoms with Crippen LogP contribution >= 0.6 is 12.4 Å². The Morgan fingerprint density at radius 3 is 2.29 bits per heavy atom. The smallest absolute Gasteiger partial charge is 0.222 e. The Balaban J connectivity index is 0.00000400. The minimum atomic E-state index is 0. The number of nitrogens with zero attached hydrogens (tertiary/aromatic N) is 1. The van der Waals surface area contributed by atoms with Gasteiger partial charge >= 0.3 is 0 Å². The molecule has 1 unspecified atom stereocenters. The number of benzene rings is 1. The molecule has 0 aliphatic heterocycles. The van der Waals surface area contributed by atoms with Gasteiger partial charge in [0.05, 0.1) is 6.04 Å². The van der Waals surface area contributed by atoms with E-state index in [0.29, 0.717) is 6.42 Å². The lowest BCUT2D eigenvalue weighted by Crippen LogP contribution is -2.29. The second-order valence-electron chi connectivity index (χ2n) is 5.54. The molecular weight excluding hydrogens is 284 g/mol. The van der Waals surface area contributed by atoms with Crippen molar-refractivity contribution in [2.75, 3.05) is 13.6 Å². The number of hydrogen-bond donors (Lipinski definition) is 1. The van der Waals surface area contributed by atoms with Crippen LogP contribution in [0.15, 0.2) is 24.3 Å². The predicted octanol–water partition coefficient (Wildman–Crippen LogP) is 3.85. The Labute approximate surface area is 135 Å². The lowest BCUT2D eigenvalue weighted by Gasteiger charge is -2.25. The van der Waals surface area contributed by atoms with Gasteiger partial charge in [-0.2, -0.15) is 0 Å². The van der Waals surface area contributed by atoms with Crippen molar-refractivity contribution >= 4 is 18.3 Å². The van der Waals surface area contributed by atoms with Crippen LogP contribution in [0.5, 0.6) is 0 Å². The Hall–Kier alpha value is -1.06. The van der Waals surface area contributed by atoms with Crippen LogP contribution in [0.25, 0.3) is 0 Å². The van der Waals surface area contributed by atoms with Crippen LogP contribution in [0, 0.1) is 6.92 Å². The van der Waals surface area contributed by atoms with Gasteiger partial charge in [0.15, 0.2) is 0 Å². The molecule has 1 atom stereocenters. The zero-order valence-electron chi connectivity index (χ0n) is 13.5. The molecular formula is C17H29ClN2O. The monoisotopic (exact) mass is 312 g/mol. The number of unbranched alkanes of at least 4 members (excludes halogenated alkanes) is 3. The van der Waals surface area contributed by atoms with Crippen LogP contribution in [-0.2, 0) is 4.79 Å². The van der Waals surface area contributed by atoms with E-state index in [1.807, 2.05) is 11.9 Å². The summed E-state index contributed by atoms with van der Waals surface area (Å²) in [7, 11) is 1.90. The molecule has 0 spiro atoms. The second-order valence-corrected chi connectivity index (χ2v) is 5.54. The van der Waals surface area contributed by atoms with Gasteiger partial charge in [-0.25, -0.2) is 0 Å². The Morgan fingerprint density at radius 2 is 1.71 bits per heavy atom. The number of carbonyl (C=O) groups is 1. The second kappa shape index (κ2) is 10.6. The number of rotatable bonds is 8. The Bertz CT molecular complexity index is 406. The summed E-state index contributed by atoms with van der Waals surface area (Å²) in [5.74, 6) is 0.228. The summed E-state index contributed by atoms with van der Waals surface area (Å²) in [6.45, 7) is 4.90. The summed E-state index contributed by atoms with van der Waals surface area (Å²) in [4.78, 5) is 14.0. The molecule has 0 aliphatic carbocycles. The van der Waals surface area contributed by atoms with E-state index in [4.69, 9.17) is 5.73 Å². The molecule has 0 aliphatic rings. The van der Waals surface area contributed by atoms with Gasteiger partial charge in [0.1, 0.15) is 0 Å². The van der Waals surface area contributed by atoms with Gasteiger partial charge in [0, 0.05) is 13.5 Å². The molecule has 2 N–H and O–H groups in total. The fourth-order valence-corrected chi connectivity index (χ4v) is 2.24. The molecule has 1 aromatic carbocycles. The first-order valence-corrected chi connectivity index (χ1v) is 7.58. The minimum Gasteiger partial charge on any atom is -0.339 e. The largest absolute Gasteiger partial charge is 0.339 e. The molecule has 120 valence electrons. The third-order valence-electron chi connectivity index (χ3n) is 3.88. The maximum Gasteiger partial charge on any atom is 0.222 e. The van der Waals surface area contributed by atoms with Crippen molar-refractivity contribution in [3.8, 4) is 0 Å². The van der Waals surface area contributed by atoms with Crippen molar-refractivity contribution in [3.63, 3.8) is 0 Å². The standard InChI is InChI=1S/C17H28N2O.ClH/c1-14-9-11-16(12-10-14)15(2)19(3)17(20)8-6-4-5-7-13-18;/h9-12,15H,4-8,13,18H2,1-3H3;1H. The molecule has 4 heteroatoms. The van der Waals surface area contributed by atoms with E-state index in [2.05, 4.69) is 38.1 Å². The van der Waals surface area contributed by atoms with Gasteiger partial charge < -0.3 is 10.6 Å². The quantitative estimate of drug-likeness (QED) is 0.741. The molecule has 0 aromatic heterocycles. The van der Waals surface area contributed by atoms with Gasteiger partial charge in [-0.05, 0) is 38.8 Å². The number of nitrogens with two attached hydrogens (primary N) is 1. The highest BCUT2D eigenvalue weighted by molar-refractivity contribution is 5.85. The maximum absolute atomic E-state index is 12.2. The van der Waals surface area contributed by atoms with E-state index in [1.54, 1.807) is 0 Å². The van der Waals surface area contributed by atoms with Crippen molar-refractivity contribution < 1.29 is 4.79 Å². The molecule has 3 nitrogen and oxygen atoms in total. The summed E-state index contributed by atoms with van der Waals surface area (Å²) in [5, 5.41) is 0. The van der Waals surface area contributed by atoms with Crippen molar-refractivity contribution in [2.24, 2.45) is 5.73 Å². The third-order valence-corrected chi connectivity index (χ3v) is 3.88. The molecule has 0 saturated heterocycles. The molecule has 21 heavy (non-hydrogen) atoms. The minimum absolute atomic E-state index is 0. The van der Waals surface area contributed by atoms with Crippen LogP contribution in [0.4, 0.5) is 0 Å². The highest BCUT2D eigenvalue weighted by atomic mass is 35.5. The first-order chi connectivity index (χ1) is 9.56. The molecule has 0 bridgehead atoms. The topological polar surface area (TPSA) is 46.3 Å². The van der Waals surface area contributed by atoms with E-state index in [9.17, 15) is 4.79 Å². The zero-order chi connectivity index (χ0) is 15.0. The highest BCUT2D eigenvalue weighted by Gasteiger charge is 2.16. The lowest BCUT2D eigenvalue weighted by molar-refractivity contribution is -0.131. The van der Waals surface area contributed by atoms with Gasteiger partial charge in [-0.3, -0.25) is 4.79 Å². The number of amides is 1. The van der Waals surface area contributed by atoms with Crippen LogP contribution in [0.1, 0.15) is 56.2 Å². The molecule has 1 amide bonds. The molecule has 0 heterocycles. The van der Waals surface area contributed by atoms with Crippen LogP contribution in [0.3, 0.4) is 0 Å². The van der Waals surface area contributed by atoms with Gasteiger partial charge in [-0.1, -0.05) is 42.7 Å². The van der Waals surface area contributed by atoms with Gasteiger partial charge in [0.2, 0.25) is 5.91 Å². The number of carbonyl (C=O) groups excluding carboxylic acids is 1. The Kier molecular flexibility index (Phi) is 10.1. The van der Waals surface area contributed by atoms with Gasteiger partial charge in [0.25, 0.3) is 0 Å². The molecule has 1 rings (SSSR count). The van der Waals surface area contributed by atoms with E-state index in [1.165, 1.54) is 11.1 Å². The summed E-state index contributed by atoms with van der Waals surface area (Å²) >= 11 is 0. The number of hydrogen-bond acceptors (Lipinski definition) is 2.